The van der Waals surface area contributed by atoms with Gasteiger partial charge in [-0.3, -0.25) is 0 Å². The first-order valence-corrected chi connectivity index (χ1v) is 12.7. The molecule has 4 heteroatoms. The van der Waals surface area contributed by atoms with Gasteiger partial charge in [-0.25, -0.2) is 0 Å². The minimum absolute atomic E-state index is 0.272. The molecule has 0 bridgehead atoms. The lowest BCUT2D eigenvalue weighted by atomic mass is 9.44. The maximum Gasteiger partial charge on any atom is 0.0574 e. The van der Waals surface area contributed by atoms with Gasteiger partial charge in [0.2, 0.25) is 0 Å². The van der Waals surface area contributed by atoms with Gasteiger partial charge in [-0.05, 0) is 116 Å². The van der Waals surface area contributed by atoms with Crippen LogP contribution in [0.25, 0.3) is 10.4 Å². The van der Waals surface area contributed by atoms with Crippen molar-refractivity contribution in [1.82, 2.24) is 0 Å². The largest absolute Gasteiger partial charge is 0.381 e. The maximum atomic E-state index is 8.95. The van der Waals surface area contributed by atoms with Crippen LogP contribution in [0.5, 0.6) is 0 Å². The van der Waals surface area contributed by atoms with Crippen molar-refractivity contribution in [2.75, 3.05) is 7.11 Å². The Morgan fingerprint density at radius 3 is 2.43 bits per heavy atom. The Kier molecular flexibility index (Phi) is 5.99. The van der Waals surface area contributed by atoms with Crippen LogP contribution in [0.1, 0.15) is 98.8 Å². The summed E-state index contributed by atoms with van der Waals surface area (Å²) in [5, 5.41) is 4.10. The summed E-state index contributed by atoms with van der Waals surface area (Å²) >= 11 is 0. The zero-order valence-corrected chi connectivity index (χ0v) is 20.4. The molecule has 4 aliphatic rings. The van der Waals surface area contributed by atoms with Crippen molar-refractivity contribution in [2.45, 2.75) is 110 Å². The molecule has 0 N–H and O–H groups in total. The van der Waals surface area contributed by atoms with E-state index in [2.05, 4.69) is 44.6 Å². The molecule has 4 rings (SSSR count). The average molecular weight is 416 g/mol. The van der Waals surface area contributed by atoms with E-state index in [4.69, 9.17) is 10.3 Å². The van der Waals surface area contributed by atoms with E-state index in [1.807, 2.05) is 7.11 Å². The molecule has 0 aromatic heterocycles. The molecule has 4 fully saturated rings. The van der Waals surface area contributed by atoms with Crippen LogP contribution in [0.2, 0.25) is 0 Å². The van der Waals surface area contributed by atoms with Gasteiger partial charge in [-0.1, -0.05) is 39.7 Å². The molecule has 0 aliphatic heterocycles. The summed E-state index contributed by atoms with van der Waals surface area (Å²) in [6.45, 7) is 11.9. The van der Waals surface area contributed by atoms with Crippen LogP contribution in [0, 0.1) is 46.3 Å². The number of fused-ring (bicyclic) bond motifs is 5. The van der Waals surface area contributed by atoms with E-state index in [9.17, 15) is 0 Å². The number of methoxy groups -OCH3 is 1. The normalized spacial score (nSPS) is 46.9. The minimum atomic E-state index is -0.272. The van der Waals surface area contributed by atoms with Crippen molar-refractivity contribution < 1.29 is 4.74 Å². The summed E-state index contributed by atoms with van der Waals surface area (Å²) in [6.07, 6.45) is 14.0. The van der Waals surface area contributed by atoms with Crippen LogP contribution in [0.3, 0.4) is 0 Å². The third kappa shape index (κ3) is 3.60. The van der Waals surface area contributed by atoms with Crippen LogP contribution in [0.4, 0.5) is 0 Å². The first-order valence-electron chi connectivity index (χ1n) is 12.7. The van der Waals surface area contributed by atoms with E-state index in [0.29, 0.717) is 22.9 Å². The molecule has 0 amide bonds. The van der Waals surface area contributed by atoms with Crippen LogP contribution in [-0.4, -0.2) is 18.8 Å². The van der Waals surface area contributed by atoms with E-state index >= 15 is 0 Å². The fourth-order valence-electron chi connectivity index (χ4n) is 9.50. The lowest BCUT2D eigenvalue weighted by molar-refractivity contribution is -0.133. The van der Waals surface area contributed by atoms with Gasteiger partial charge in [0, 0.05) is 17.6 Å². The molecule has 0 radical (unpaired) electrons. The second-order valence-corrected chi connectivity index (χ2v) is 12.7. The van der Waals surface area contributed by atoms with Crippen molar-refractivity contribution in [3.63, 3.8) is 0 Å². The highest BCUT2D eigenvalue weighted by Crippen LogP contribution is 2.68. The van der Waals surface area contributed by atoms with Crippen LogP contribution in [0.15, 0.2) is 5.11 Å². The SMILES string of the molecule is CO[C@@H]1CC[C@]2(C)C3CC[C@]4(C)[C@@H]([C@H](C)CC(C)(C)N=[N+]=[N-])CC[C@H]4C3CC[C@H]2C1. The third-order valence-corrected chi connectivity index (χ3v) is 10.8. The van der Waals surface area contributed by atoms with Crippen molar-refractivity contribution in [1.29, 1.82) is 0 Å². The molecule has 30 heavy (non-hydrogen) atoms. The van der Waals surface area contributed by atoms with Crippen LogP contribution in [-0.2, 0) is 4.74 Å². The summed E-state index contributed by atoms with van der Waals surface area (Å²) in [7, 11) is 1.91. The summed E-state index contributed by atoms with van der Waals surface area (Å²) in [5.41, 5.74) is 9.71. The fourth-order valence-corrected chi connectivity index (χ4v) is 9.50. The highest BCUT2D eigenvalue weighted by molar-refractivity contribution is 5.10. The third-order valence-electron chi connectivity index (χ3n) is 10.8. The van der Waals surface area contributed by atoms with E-state index < -0.39 is 0 Å². The van der Waals surface area contributed by atoms with Gasteiger partial charge in [-0.2, -0.15) is 0 Å². The number of ether oxygens (including phenoxy) is 1. The van der Waals surface area contributed by atoms with Crippen LogP contribution < -0.4 is 0 Å². The average Bonchev–Trinajstić information content (AvgIpc) is 3.04. The van der Waals surface area contributed by atoms with Gasteiger partial charge in [0.15, 0.2) is 0 Å². The van der Waals surface area contributed by atoms with Crippen molar-refractivity contribution >= 4 is 0 Å². The number of hydrogen-bond acceptors (Lipinski definition) is 2. The standard InChI is InChI=1S/C26H45N3O/c1-17(16-24(2,3)28-29-27)21-9-10-22-20-8-7-18-15-19(30-6)11-13-25(18,4)23(20)12-14-26(21,22)5/h17-23H,7-16H2,1-6H3/t17-,18+,19-,20?,21-,22+,23?,25+,26-/m1/s1. The molecule has 170 valence electrons. The minimum Gasteiger partial charge on any atom is -0.381 e. The zero-order valence-electron chi connectivity index (χ0n) is 20.4. The van der Waals surface area contributed by atoms with Gasteiger partial charge < -0.3 is 4.74 Å². The van der Waals surface area contributed by atoms with E-state index in [-0.39, 0.29) is 5.54 Å². The molecule has 4 nitrogen and oxygen atoms in total. The molecular weight excluding hydrogens is 370 g/mol. The number of hydrogen-bond donors (Lipinski definition) is 0. The van der Waals surface area contributed by atoms with Crippen LogP contribution >= 0.6 is 0 Å². The number of nitrogens with zero attached hydrogens (tertiary/aromatic N) is 3. The molecule has 0 spiro atoms. The van der Waals surface area contributed by atoms with Crippen molar-refractivity contribution in [3.8, 4) is 0 Å². The molecule has 4 aliphatic carbocycles. The molecule has 0 aromatic rings. The van der Waals surface area contributed by atoms with Gasteiger partial charge in [0.25, 0.3) is 0 Å². The zero-order chi connectivity index (χ0) is 21.7. The quantitative estimate of drug-likeness (QED) is 0.257. The van der Waals surface area contributed by atoms with E-state index in [1.54, 1.807) is 0 Å². The topological polar surface area (TPSA) is 58.0 Å². The molecule has 4 saturated carbocycles. The Labute approximate surface area is 184 Å². The van der Waals surface area contributed by atoms with Gasteiger partial charge >= 0.3 is 0 Å². The van der Waals surface area contributed by atoms with Gasteiger partial charge in [0.1, 0.15) is 0 Å². The Bertz CT molecular complexity index is 686. The predicted octanol–water partition coefficient (Wildman–Crippen LogP) is 7.78. The Morgan fingerprint density at radius 1 is 1.03 bits per heavy atom. The summed E-state index contributed by atoms with van der Waals surface area (Å²) in [6, 6.07) is 0. The Balaban J connectivity index is 1.51. The second-order valence-electron chi connectivity index (χ2n) is 12.7. The van der Waals surface area contributed by atoms with Crippen molar-refractivity contribution in [3.05, 3.63) is 10.4 Å². The molecule has 0 heterocycles. The van der Waals surface area contributed by atoms with Gasteiger partial charge in [0.05, 0.1) is 6.10 Å². The first-order chi connectivity index (χ1) is 14.1. The molecule has 9 atom stereocenters. The molecule has 0 saturated heterocycles. The Hall–Kier alpha value is -0.730. The van der Waals surface area contributed by atoms with Crippen molar-refractivity contribution in [2.24, 2.45) is 51.5 Å². The number of rotatable bonds is 5. The van der Waals surface area contributed by atoms with Gasteiger partial charge in [-0.15, -0.1) is 0 Å². The summed E-state index contributed by atoms with van der Waals surface area (Å²) in [5.74, 6) is 5.06. The van der Waals surface area contributed by atoms with E-state index in [0.717, 1.165) is 36.0 Å². The highest BCUT2D eigenvalue weighted by atomic mass is 16.5. The summed E-state index contributed by atoms with van der Waals surface area (Å²) < 4.78 is 5.77. The van der Waals surface area contributed by atoms with E-state index in [1.165, 1.54) is 57.8 Å². The molecule has 2 unspecified atom stereocenters. The lowest BCUT2D eigenvalue weighted by Crippen LogP contribution is -2.54. The Morgan fingerprint density at radius 2 is 1.73 bits per heavy atom. The maximum absolute atomic E-state index is 8.95. The molecular formula is C26H45N3O. The monoisotopic (exact) mass is 415 g/mol. The predicted molar refractivity (Wildman–Crippen MR) is 123 cm³/mol. The number of azide groups is 1. The first kappa shape index (κ1) is 22.5. The summed E-state index contributed by atoms with van der Waals surface area (Å²) in [4.78, 5) is 3.11. The lowest BCUT2D eigenvalue weighted by Gasteiger charge is -2.61. The fraction of sp³-hybridized carbons (Fsp3) is 1.00. The smallest absolute Gasteiger partial charge is 0.0574 e. The highest BCUT2D eigenvalue weighted by Gasteiger charge is 2.60. The molecule has 0 aromatic carbocycles. The second kappa shape index (κ2) is 8.00.